The molecule has 4 nitrogen and oxygen atoms in total. The van der Waals surface area contributed by atoms with E-state index in [1.807, 2.05) is 12.3 Å². The van der Waals surface area contributed by atoms with Crippen LogP contribution in [0.15, 0.2) is 18.3 Å². The molecule has 0 bridgehead atoms. The Kier molecular flexibility index (Phi) is 5.11. The van der Waals surface area contributed by atoms with E-state index in [2.05, 4.69) is 22.9 Å². The highest BCUT2D eigenvalue weighted by molar-refractivity contribution is 5.17. The minimum absolute atomic E-state index is 0.106. The van der Waals surface area contributed by atoms with Gasteiger partial charge in [-0.2, -0.15) is 0 Å². The molecule has 1 aliphatic rings. The minimum Gasteiger partial charge on any atom is -0.396 e. The first-order valence-corrected chi connectivity index (χ1v) is 6.69. The standard InChI is InChI=1S/C14H22N2O2/c1-2-12-3-4-14(15-9-12)13(11-17)10-16-5-7-18-8-6-16/h3-4,9,13,17H,2,5-8,10-11H2,1H3. The molecule has 100 valence electrons. The SMILES string of the molecule is CCc1ccc(C(CO)CN2CCOCC2)nc1. The van der Waals surface area contributed by atoms with Gasteiger partial charge in [-0.05, 0) is 18.1 Å². The highest BCUT2D eigenvalue weighted by Gasteiger charge is 2.18. The van der Waals surface area contributed by atoms with Crippen molar-refractivity contribution < 1.29 is 9.84 Å². The molecule has 0 aromatic carbocycles. The summed E-state index contributed by atoms with van der Waals surface area (Å²) in [5.41, 5.74) is 2.23. The Morgan fingerprint density at radius 1 is 1.39 bits per heavy atom. The Labute approximate surface area is 109 Å². The number of aromatic nitrogens is 1. The molecule has 1 N–H and O–H groups in total. The van der Waals surface area contributed by atoms with Crippen molar-refractivity contribution in [3.05, 3.63) is 29.6 Å². The molecule has 0 aliphatic carbocycles. The number of aliphatic hydroxyl groups excluding tert-OH is 1. The first kappa shape index (κ1) is 13.5. The van der Waals surface area contributed by atoms with E-state index in [4.69, 9.17) is 4.74 Å². The van der Waals surface area contributed by atoms with Gasteiger partial charge in [-0.3, -0.25) is 9.88 Å². The second kappa shape index (κ2) is 6.83. The number of ether oxygens (including phenoxy) is 1. The maximum Gasteiger partial charge on any atom is 0.0594 e. The maximum atomic E-state index is 9.54. The van der Waals surface area contributed by atoms with Crippen molar-refractivity contribution in [2.45, 2.75) is 19.3 Å². The fourth-order valence-electron chi connectivity index (χ4n) is 2.23. The van der Waals surface area contributed by atoms with Crippen molar-refractivity contribution in [2.24, 2.45) is 0 Å². The highest BCUT2D eigenvalue weighted by Crippen LogP contribution is 2.16. The topological polar surface area (TPSA) is 45.6 Å². The predicted molar refractivity (Wildman–Crippen MR) is 70.7 cm³/mol. The molecule has 18 heavy (non-hydrogen) atoms. The van der Waals surface area contributed by atoms with E-state index in [0.717, 1.165) is 45.0 Å². The van der Waals surface area contributed by atoms with Gasteiger partial charge >= 0.3 is 0 Å². The first-order chi connectivity index (χ1) is 8.83. The van der Waals surface area contributed by atoms with Crippen LogP contribution in [0, 0.1) is 0 Å². The van der Waals surface area contributed by atoms with Crippen LogP contribution in [0.4, 0.5) is 0 Å². The van der Waals surface area contributed by atoms with E-state index in [1.54, 1.807) is 0 Å². The molecular weight excluding hydrogens is 228 g/mol. The summed E-state index contributed by atoms with van der Waals surface area (Å²) in [6.45, 7) is 6.61. The summed E-state index contributed by atoms with van der Waals surface area (Å²) in [6, 6.07) is 4.14. The van der Waals surface area contributed by atoms with E-state index in [1.165, 1.54) is 5.56 Å². The van der Waals surface area contributed by atoms with Gasteiger partial charge in [0, 0.05) is 37.4 Å². The monoisotopic (exact) mass is 250 g/mol. The summed E-state index contributed by atoms with van der Waals surface area (Å²) in [4.78, 5) is 6.80. The molecule has 1 saturated heterocycles. The van der Waals surface area contributed by atoms with Crippen LogP contribution in [0.25, 0.3) is 0 Å². The fourth-order valence-corrected chi connectivity index (χ4v) is 2.23. The zero-order chi connectivity index (χ0) is 12.8. The number of morpholine rings is 1. The lowest BCUT2D eigenvalue weighted by molar-refractivity contribution is 0.0317. The van der Waals surface area contributed by atoms with Gasteiger partial charge in [-0.1, -0.05) is 13.0 Å². The molecule has 1 atom stereocenters. The van der Waals surface area contributed by atoms with Crippen LogP contribution >= 0.6 is 0 Å². The van der Waals surface area contributed by atoms with Crippen molar-refractivity contribution in [1.29, 1.82) is 0 Å². The van der Waals surface area contributed by atoms with E-state index in [-0.39, 0.29) is 12.5 Å². The van der Waals surface area contributed by atoms with Gasteiger partial charge < -0.3 is 9.84 Å². The zero-order valence-electron chi connectivity index (χ0n) is 11.0. The van der Waals surface area contributed by atoms with Crippen LogP contribution in [0.3, 0.4) is 0 Å². The number of hydrogen-bond donors (Lipinski definition) is 1. The molecule has 1 aromatic heterocycles. The Morgan fingerprint density at radius 3 is 2.72 bits per heavy atom. The van der Waals surface area contributed by atoms with E-state index >= 15 is 0 Å². The Balaban J connectivity index is 1.97. The largest absolute Gasteiger partial charge is 0.396 e. The molecule has 0 amide bonds. The number of hydrogen-bond acceptors (Lipinski definition) is 4. The third-order valence-electron chi connectivity index (χ3n) is 3.48. The van der Waals surface area contributed by atoms with Crippen LogP contribution in [0.1, 0.15) is 24.1 Å². The van der Waals surface area contributed by atoms with Crippen molar-refractivity contribution >= 4 is 0 Å². The molecule has 0 spiro atoms. The summed E-state index contributed by atoms with van der Waals surface area (Å²) in [5.74, 6) is 0.106. The predicted octanol–water partition coefficient (Wildman–Crippen LogP) is 1.05. The van der Waals surface area contributed by atoms with Crippen LogP contribution in [-0.4, -0.2) is 54.4 Å². The molecule has 1 unspecified atom stereocenters. The summed E-state index contributed by atoms with van der Waals surface area (Å²) in [7, 11) is 0. The van der Waals surface area contributed by atoms with Crippen molar-refractivity contribution in [1.82, 2.24) is 9.88 Å². The van der Waals surface area contributed by atoms with Gasteiger partial charge in [0.15, 0.2) is 0 Å². The van der Waals surface area contributed by atoms with Gasteiger partial charge in [0.1, 0.15) is 0 Å². The van der Waals surface area contributed by atoms with Crippen LogP contribution in [0.5, 0.6) is 0 Å². The molecular formula is C14H22N2O2. The van der Waals surface area contributed by atoms with E-state index < -0.39 is 0 Å². The van der Waals surface area contributed by atoms with Crippen LogP contribution < -0.4 is 0 Å². The quantitative estimate of drug-likeness (QED) is 0.848. The molecule has 2 rings (SSSR count). The molecule has 1 aromatic rings. The number of rotatable bonds is 5. The lowest BCUT2D eigenvalue weighted by Gasteiger charge is -2.29. The number of aliphatic hydroxyl groups is 1. The van der Waals surface area contributed by atoms with Gasteiger partial charge in [0.2, 0.25) is 0 Å². The van der Waals surface area contributed by atoms with Crippen molar-refractivity contribution in [2.75, 3.05) is 39.5 Å². The molecule has 0 radical (unpaired) electrons. The minimum atomic E-state index is 0.106. The lowest BCUT2D eigenvalue weighted by atomic mass is 10.0. The van der Waals surface area contributed by atoms with Gasteiger partial charge in [0.05, 0.1) is 19.8 Å². The Bertz CT molecular complexity index is 347. The third-order valence-corrected chi connectivity index (χ3v) is 3.48. The molecule has 1 fully saturated rings. The third kappa shape index (κ3) is 3.51. The van der Waals surface area contributed by atoms with Crippen LogP contribution in [-0.2, 0) is 11.2 Å². The maximum absolute atomic E-state index is 9.54. The Hall–Kier alpha value is -0.970. The van der Waals surface area contributed by atoms with Crippen molar-refractivity contribution in [3.8, 4) is 0 Å². The summed E-state index contributed by atoms with van der Waals surface area (Å²) in [5, 5.41) is 9.54. The second-order valence-electron chi connectivity index (χ2n) is 4.74. The summed E-state index contributed by atoms with van der Waals surface area (Å²) < 4.78 is 5.33. The second-order valence-corrected chi connectivity index (χ2v) is 4.74. The summed E-state index contributed by atoms with van der Waals surface area (Å²) in [6.07, 6.45) is 2.91. The molecule has 0 saturated carbocycles. The average Bonchev–Trinajstić information content (AvgIpc) is 2.46. The van der Waals surface area contributed by atoms with Gasteiger partial charge in [-0.25, -0.2) is 0 Å². The van der Waals surface area contributed by atoms with Gasteiger partial charge in [0.25, 0.3) is 0 Å². The zero-order valence-corrected chi connectivity index (χ0v) is 11.0. The number of pyridine rings is 1. The average molecular weight is 250 g/mol. The fraction of sp³-hybridized carbons (Fsp3) is 0.643. The summed E-state index contributed by atoms with van der Waals surface area (Å²) >= 11 is 0. The smallest absolute Gasteiger partial charge is 0.0594 e. The normalized spacial score (nSPS) is 18.8. The lowest BCUT2D eigenvalue weighted by Crippen LogP contribution is -2.39. The van der Waals surface area contributed by atoms with E-state index in [9.17, 15) is 5.11 Å². The Morgan fingerprint density at radius 2 is 2.17 bits per heavy atom. The number of nitrogens with zero attached hydrogens (tertiary/aromatic N) is 2. The first-order valence-electron chi connectivity index (χ1n) is 6.69. The molecule has 4 heteroatoms. The van der Waals surface area contributed by atoms with Gasteiger partial charge in [-0.15, -0.1) is 0 Å². The van der Waals surface area contributed by atoms with E-state index in [0.29, 0.717) is 0 Å². The molecule has 2 heterocycles. The van der Waals surface area contributed by atoms with Crippen molar-refractivity contribution in [3.63, 3.8) is 0 Å². The molecule has 1 aliphatic heterocycles. The number of aryl methyl sites for hydroxylation is 1. The van der Waals surface area contributed by atoms with Crippen LogP contribution in [0.2, 0.25) is 0 Å². The highest BCUT2D eigenvalue weighted by atomic mass is 16.5.